The van der Waals surface area contributed by atoms with Crippen molar-refractivity contribution < 1.29 is 23.9 Å². The van der Waals surface area contributed by atoms with E-state index in [-0.39, 0.29) is 19.1 Å². The van der Waals surface area contributed by atoms with E-state index in [1.807, 2.05) is 30.3 Å². The van der Waals surface area contributed by atoms with Gasteiger partial charge in [0.25, 0.3) is 5.69 Å². The molecule has 3 aromatic rings. The molecular weight excluding hydrogens is 400 g/mol. The first-order chi connectivity index (χ1) is 15.1. The van der Waals surface area contributed by atoms with Crippen LogP contribution in [0, 0.1) is 10.1 Å². The summed E-state index contributed by atoms with van der Waals surface area (Å²) in [6.45, 7) is 0.246. The molecular formula is C23H18N2O6. The largest absolute Gasteiger partial charge is 0.467 e. The van der Waals surface area contributed by atoms with Crippen LogP contribution in [0.1, 0.15) is 11.1 Å². The van der Waals surface area contributed by atoms with Crippen LogP contribution in [0.4, 0.5) is 11.4 Å². The Morgan fingerprint density at radius 2 is 1.87 bits per heavy atom. The summed E-state index contributed by atoms with van der Waals surface area (Å²) in [5, 5.41) is 14.0. The molecule has 0 atom stereocenters. The highest BCUT2D eigenvalue weighted by molar-refractivity contribution is 6.03. The van der Waals surface area contributed by atoms with E-state index >= 15 is 0 Å². The number of ether oxygens (including phenoxy) is 3. The molecule has 0 aromatic heterocycles. The highest BCUT2D eigenvalue weighted by Crippen LogP contribution is 2.33. The van der Waals surface area contributed by atoms with Crippen LogP contribution in [-0.4, -0.2) is 17.6 Å². The minimum absolute atomic E-state index is 0.0437. The van der Waals surface area contributed by atoms with E-state index in [1.54, 1.807) is 24.3 Å². The van der Waals surface area contributed by atoms with Crippen LogP contribution in [-0.2, 0) is 16.1 Å². The molecule has 0 spiro atoms. The van der Waals surface area contributed by atoms with Crippen molar-refractivity contribution in [3.63, 3.8) is 0 Å². The third-order valence-corrected chi connectivity index (χ3v) is 4.46. The number of nitro groups is 1. The Bertz CT molecular complexity index is 1140. The van der Waals surface area contributed by atoms with Gasteiger partial charge in [0.05, 0.1) is 17.2 Å². The Balaban J connectivity index is 1.54. The molecule has 0 saturated heterocycles. The molecule has 0 aliphatic carbocycles. The predicted molar refractivity (Wildman–Crippen MR) is 114 cm³/mol. The predicted octanol–water partition coefficient (Wildman–Crippen LogP) is 4.91. The minimum Gasteiger partial charge on any atom is -0.467 e. The molecule has 0 fully saturated rings. The van der Waals surface area contributed by atoms with Gasteiger partial charge in [-0.3, -0.25) is 14.9 Å². The molecule has 0 bridgehead atoms. The van der Waals surface area contributed by atoms with Gasteiger partial charge in [0.1, 0.15) is 11.5 Å². The fourth-order valence-corrected chi connectivity index (χ4v) is 3.07. The fraction of sp³-hybridized carbons (Fsp3) is 0.0870. The lowest BCUT2D eigenvalue weighted by Crippen LogP contribution is -2.13. The van der Waals surface area contributed by atoms with Crippen LogP contribution in [0.2, 0.25) is 0 Å². The smallest absolute Gasteiger partial charge is 0.270 e. The van der Waals surface area contributed by atoms with Crippen LogP contribution in [0.3, 0.4) is 0 Å². The maximum Gasteiger partial charge on any atom is 0.270 e. The van der Waals surface area contributed by atoms with Gasteiger partial charge in [0.15, 0.2) is 12.5 Å². The third kappa shape index (κ3) is 4.88. The Labute approximate surface area is 177 Å². The molecule has 4 rings (SSSR count). The molecule has 1 heterocycles. The number of benzene rings is 3. The van der Waals surface area contributed by atoms with Crippen LogP contribution in [0.15, 0.2) is 72.8 Å². The summed E-state index contributed by atoms with van der Waals surface area (Å²) in [7, 11) is 0. The van der Waals surface area contributed by atoms with Crippen molar-refractivity contribution in [2.45, 2.75) is 6.61 Å². The highest BCUT2D eigenvalue weighted by Gasteiger charge is 2.20. The number of carbonyl (C=O) groups is 1. The van der Waals surface area contributed by atoms with Crippen LogP contribution in [0.5, 0.6) is 17.2 Å². The Kier molecular flexibility index (Phi) is 5.91. The number of rotatable bonds is 6. The number of non-ortho nitro benzene ring substituents is 1. The number of carbonyl (C=O) groups excluding carboxylic acids is 1. The second-order valence-corrected chi connectivity index (χ2v) is 6.62. The maximum atomic E-state index is 12.5. The Morgan fingerprint density at radius 1 is 1.10 bits per heavy atom. The van der Waals surface area contributed by atoms with Gasteiger partial charge in [0, 0.05) is 29.3 Å². The normalized spacial score (nSPS) is 12.6. The summed E-state index contributed by atoms with van der Waals surface area (Å²) in [4.78, 5) is 23.2. The van der Waals surface area contributed by atoms with Crippen molar-refractivity contribution >= 4 is 23.4 Å². The zero-order chi connectivity index (χ0) is 21.6. The van der Waals surface area contributed by atoms with E-state index in [2.05, 4.69) is 5.32 Å². The van der Waals surface area contributed by atoms with Crippen LogP contribution in [0.25, 0.3) is 6.08 Å². The van der Waals surface area contributed by atoms with E-state index in [9.17, 15) is 14.9 Å². The van der Waals surface area contributed by atoms with Gasteiger partial charge in [-0.15, -0.1) is 0 Å². The van der Waals surface area contributed by atoms with Gasteiger partial charge in [-0.25, -0.2) is 0 Å². The summed E-state index contributed by atoms with van der Waals surface area (Å²) in [6, 6.07) is 19.0. The molecule has 31 heavy (non-hydrogen) atoms. The first-order valence-corrected chi connectivity index (χ1v) is 9.43. The number of nitrogens with zero attached hydrogens (tertiary/aromatic N) is 1. The number of amides is 1. The molecule has 1 aliphatic heterocycles. The van der Waals surface area contributed by atoms with E-state index in [4.69, 9.17) is 14.2 Å². The molecule has 3 aromatic carbocycles. The lowest BCUT2D eigenvalue weighted by Gasteiger charge is -2.19. The van der Waals surface area contributed by atoms with Crippen LogP contribution >= 0.6 is 0 Å². The number of nitrogens with one attached hydrogen (secondary N) is 1. The summed E-state index contributed by atoms with van der Waals surface area (Å²) < 4.78 is 16.5. The molecule has 1 N–H and O–H groups in total. The van der Waals surface area contributed by atoms with E-state index < -0.39 is 10.8 Å². The molecule has 1 amide bonds. The lowest BCUT2D eigenvalue weighted by atomic mass is 10.1. The van der Waals surface area contributed by atoms with Gasteiger partial charge < -0.3 is 19.5 Å². The van der Waals surface area contributed by atoms with Crippen LogP contribution < -0.4 is 14.8 Å². The molecule has 156 valence electrons. The number of para-hydroxylation sites is 3. The SMILES string of the molecule is O=C(/C=C/c1cc([N+](=O)[O-])cc2c1OCOC2)Nc1ccccc1Oc1ccccc1. The average Bonchev–Trinajstić information content (AvgIpc) is 2.79. The van der Waals surface area contributed by atoms with E-state index in [0.29, 0.717) is 34.1 Å². The quantitative estimate of drug-likeness (QED) is 0.347. The summed E-state index contributed by atoms with van der Waals surface area (Å²) >= 11 is 0. The van der Waals surface area contributed by atoms with Gasteiger partial charge in [-0.1, -0.05) is 30.3 Å². The van der Waals surface area contributed by atoms with E-state index in [0.717, 1.165) is 0 Å². The number of fused-ring (bicyclic) bond motifs is 1. The number of hydrogen-bond acceptors (Lipinski definition) is 6. The zero-order valence-corrected chi connectivity index (χ0v) is 16.3. The Hall–Kier alpha value is -4.17. The second kappa shape index (κ2) is 9.10. The van der Waals surface area contributed by atoms with Gasteiger partial charge in [-0.2, -0.15) is 0 Å². The third-order valence-electron chi connectivity index (χ3n) is 4.46. The second-order valence-electron chi connectivity index (χ2n) is 6.62. The van der Waals surface area contributed by atoms with Crippen molar-refractivity contribution in [2.24, 2.45) is 0 Å². The number of anilines is 1. The van der Waals surface area contributed by atoms with Crippen molar-refractivity contribution in [3.05, 3.63) is 94.0 Å². The lowest BCUT2D eigenvalue weighted by molar-refractivity contribution is -0.385. The first kappa shape index (κ1) is 20.1. The fourth-order valence-electron chi connectivity index (χ4n) is 3.07. The van der Waals surface area contributed by atoms with Gasteiger partial charge >= 0.3 is 0 Å². The average molecular weight is 418 g/mol. The molecule has 1 aliphatic rings. The maximum absolute atomic E-state index is 12.5. The van der Waals surface area contributed by atoms with Crippen molar-refractivity contribution in [3.8, 4) is 17.2 Å². The zero-order valence-electron chi connectivity index (χ0n) is 16.3. The molecule has 0 radical (unpaired) electrons. The summed E-state index contributed by atoms with van der Waals surface area (Å²) in [5.41, 5.74) is 1.37. The number of hydrogen-bond donors (Lipinski definition) is 1. The summed E-state index contributed by atoms with van der Waals surface area (Å²) in [6.07, 6.45) is 2.77. The molecule has 8 heteroatoms. The molecule has 8 nitrogen and oxygen atoms in total. The van der Waals surface area contributed by atoms with Crippen molar-refractivity contribution in [1.29, 1.82) is 0 Å². The number of nitro benzene ring substituents is 1. The monoisotopic (exact) mass is 418 g/mol. The standard InChI is InChI=1S/C23H18N2O6/c26-22(24-20-8-4-5-9-21(20)31-19-6-2-1-3-7-19)11-10-16-12-18(25(27)28)13-17-14-29-15-30-23(16)17/h1-13H,14-15H2,(H,24,26)/b11-10+. The van der Waals surface area contributed by atoms with E-state index in [1.165, 1.54) is 24.3 Å². The first-order valence-electron chi connectivity index (χ1n) is 9.43. The minimum atomic E-state index is -0.497. The molecule has 0 saturated carbocycles. The summed E-state index contributed by atoms with van der Waals surface area (Å²) in [5.74, 6) is 1.18. The topological polar surface area (TPSA) is 99.9 Å². The van der Waals surface area contributed by atoms with Gasteiger partial charge in [-0.05, 0) is 30.3 Å². The van der Waals surface area contributed by atoms with Crippen molar-refractivity contribution in [1.82, 2.24) is 0 Å². The van der Waals surface area contributed by atoms with Gasteiger partial charge in [0.2, 0.25) is 5.91 Å². The Morgan fingerprint density at radius 3 is 2.68 bits per heavy atom. The van der Waals surface area contributed by atoms with Crippen molar-refractivity contribution in [2.75, 3.05) is 12.1 Å². The highest BCUT2D eigenvalue weighted by atomic mass is 16.7. The molecule has 0 unspecified atom stereocenters.